The fourth-order valence-electron chi connectivity index (χ4n) is 1.70. The fourth-order valence-corrected chi connectivity index (χ4v) is 1.70. The highest BCUT2D eigenvalue weighted by atomic mass is 16.5. The smallest absolute Gasteiger partial charge is 0.408 e. The quantitative estimate of drug-likeness (QED) is 0.841. The van der Waals surface area contributed by atoms with Gasteiger partial charge in [-0.15, -0.1) is 0 Å². The van der Waals surface area contributed by atoms with Crippen LogP contribution >= 0.6 is 0 Å². The number of benzene rings is 1. The number of carbonyl (C=O) groups excluding carboxylic acids is 2. The normalized spacial score (nSPS) is 12.5. The molecule has 0 saturated heterocycles. The Morgan fingerprint density at radius 1 is 1.18 bits per heavy atom. The van der Waals surface area contributed by atoms with E-state index in [0.29, 0.717) is 6.42 Å². The lowest BCUT2D eigenvalue weighted by Crippen LogP contribution is -2.45. The zero-order valence-electron chi connectivity index (χ0n) is 13.7. The van der Waals surface area contributed by atoms with E-state index in [-0.39, 0.29) is 24.6 Å². The summed E-state index contributed by atoms with van der Waals surface area (Å²) in [5, 5.41) is 2.57. The van der Waals surface area contributed by atoms with Crippen molar-refractivity contribution in [2.75, 3.05) is 6.61 Å². The van der Waals surface area contributed by atoms with E-state index in [1.54, 1.807) is 6.92 Å². The molecule has 1 N–H and O–H groups in total. The van der Waals surface area contributed by atoms with E-state index in [9.17, 15) is 9.59 Å². The summed E-state index contributed by atoms with van der Waals surface area (Å²) in [4.78, 5) is 23.7. The zero-order chi connectivity index (χ0) is 16.6. The van der Waals surface area contributed by atoms with Crippen LogP contribution in [0.5, 0.6) is 0 Å². The number of ketones is 1. The summed E-state index contributed by atoms with van der Waals surface area (Å²) in [7, 11) is 0. The molecule has 5 nitrogen and oxygen atoms in total. The molecule has 122 valence electrons. The molecule has 1 amide bonds. The number of carbonyl (C=O) groups is 2. The molecule has 0 saturated carbocycles. The molecule has 0 bridgehead atoms. The summed E-state index contributed by atoms with van der Waals surface area (Å²) in [5.74, 6) is -0.0825. The first kappa shape index (κ1) is 18.2. The molecule has 0 aliphatic rings. The lowest BCUT2D eigenvalue weighted by molar-refractivity contribution is -0.123. The van der Waals surface area contributed by atoms with E-state index in [0.717, 1.165) is 5.56 Å². The van der Waals surface area contributed by atoms with Crippen LogP contribution < -0.4 is 5.32 Å². The topological polar surface area (TPSA) is 64.6 Å². The summed E-state index contributed by atoms with van der Waals surface area (Å²) in [6.07, 6.45) is -0.287. The molecule has 22 heavy (non-hydrogen) atoms. The molecule has 0 radical (unpaired) electrons. The van der Waals surface area contributed by atoms with Gasteiger partial charge in [0.05, 0.1) is 12.2 Å². The Morgan fingerprint density at radius 3 is 2.36 bits per heavy atom. The molecule has 0 heterocycles. The average Bonchev–Trinajstić information content (AvgIpc) is 2.48. The molecular formula is C17H25NO4. The van der Waals surface area contributed by atoms with Gasteiger partial charge in [0.15, 0.2) is 5.78 Å². The molecule has 1 atom stereocenters. The largest absolute Gasteiger partial charge is 0.445 e. The van der Waals surface area contributed by atoms with E-state index in [1.165, 1.54) is 0 Å². The Morgan fingerprint density at radius 2 is 1.82 bits per heavy atom. The number of hydrogen-bond acceptors (Lipinski definition) is 4. The Bertz CT molecular complexity index is 479. The lowest BCUT2D eigenvalue weighted by Gasteiger charge is -2.24. The molecule has 1 aromatic carbocycles. The predicted molar refractivity (Wildman–Crippen MR) is 84.6 cm³/mol. The van der Waals surface area contributed by atoms with Crippen molar-refractivity contribution < 1.29 is 19.1 Å². The molecule has 0 unspecified atom stereocenters. The second kappa shape index (κ2) is 8.54. The molecule has 1 rings (SSSR count). The standard InChI is InChI=1S/C17H25NO4/c1-5-15(19)14(12-22-17(2,3)4)18-16(20)21-11-13-9-7-6-8-10-13/h6-10,14H,5,11-12H2,1-4H3,(H,18,20)/t14-/m0/s1. The first-order valence-electron chi connectivity index (χ1n) is 7.45. The van der Waals surface area contributed by atoms with Crippen molar-refractivity contribution in [3.05, 3.63) is 35.9 Å². The van der Waals surface area contributed by atoms with E-state index in [2.05, 4.69) is 5.32 Å². The van der Waals surface area contributed by atoms with Gasteiger partial charge < -0.3 is 14.8 Å². The third kappa shape index (κ3) is 7.22. The maximum atomic E-state index is 11.9. The summed E-state index contributed by atoms with van der Waals surface area (Å²) in [5.41, 5.74) is 0.518. The number of rotatable bonds is 7. The minimum Gasteiger partial charge on any atom is -0.445 e. The van der Waals surface area contributed by atoms with Crippen molar-refractivity contribution in [3.63, 3.8) is 0 Å². The van der Waals surface area contributed by atoms with Crippen LogP contribution in [-0.4, -0.2) is 30.1 Å². The highest BCUT2D eigenvalue weighted by Crippen LogP contribution is 2.08. The second-order valence-electron chi connectivity index (χ2n) is 6.00. The van der Waals surface area contributed by atoms with Crippen LogP contribution in [0.2, 0.25) is 0 Å². The first-order valence-corrected chi connectivity index (χ1v) is 7.45. The van der Waals surface area contributed by atoms with Gasteiger partial charge in [-0.05, 0) is 26.3 Å². The maximum absolute atomic E-state index is 11.9. The molecule has 5 heteroatoms. The molecule has 1 aromatic rings. The summed E-state index contributed by atoms with van der Waals surface area (Å²) in [6, 6.07) is 8.68. The van der Waals surface area contributed by atoms with Crippen LogP contribution in [-0.2, 0) is 20.9 Å². The minimum atomic E-state index is -0.688. The van der Waals surface area contributed by atoms with E-state index in [1.807, 2.05) is 51.1 Å². The summed E-state index contributed by atoms with van der Waals surface area (Å²) >= 11 is 0. The molecule has 0 aliphatic heterocycles. The van der Waals surface area contributed by atoms with Crippen molar-refractivity contribution in [2.45, 2.75) is 52.4 Å². The number of ether oxygens (including phenoxy) is 2. The van der Waals surface area contributed by atoms with Gasteiger partial charge in [-0.2, -0.15) is 0 Å². The van der Waals surface area contributed by atoms with Crippen molar-refractivity contribution in [3.8, 4) is 0 Å². The third-order valence-corrected chi connectivity index (χ3v) is 2.92. The SMILES string of the molecule is CCC(=O)[C@H](COC(C)(C)C)NC(=O)OCc1ccccc1. The van der Waals surface area contributed by atoms with Crippen molar-refractivity contribution in [1.82, 2.24) is 5.32 Å². The Labute approximate surface area is 132 Å². The number of amides is 1. The van der Waals surface area contributed by atoms with Gasteiger partial charge in [0.1, 0.15) is 12.6 Å². The number of hydrogen-bond donors (Lipinski definition) is 1. The molecule has 0 fully saturated rings. The first-order chi connectivity index (χ1) is 10.3. The molecule has 0 spiro atoms. The maximum Gasteiger partial charge on any atom is 0.408 e. The van der Waals surface area contributed by atoms with Gasteiger partial charge in [-0.25, -0.2) is 4.79 Å². The van der Waals surface area contributed by atoms with Crippen LogP contribution in [0.3, 0.4) is 0 Å². The Hall–Kier alpha value is -1.88. The number of nitrogens with one attached hydrogen (secondary N) is 1. The van der Waals surface area contributed by atoms with Gasteiger partial charge in [-0.3, -0.25) is 4.79 Å². The second-order valence-corrected chi connectivity index (χ2v) is 6.00. The van der Waals surface area contributed by atoms with Gasteiger partial charge >= 0.3 is 6.09 Å². The average molecular weight is 307 g/mol. The monoisotopic (exact) mass is 307 g/mol. The van der Waals surface area contributed by atoms with E-state index >= 15 is 0 Å². The van der Waals surface area contributed by atoms with Crippen LogP contribution in [0.1, 0.15) is 39.7 Å². The van der Waals surface area contributed by atoms with Gasteiger partial charge in [0.2, 0.25) is 0 Å². The van der Waals surface area contributed by atoms with Crippen LogP contribution in [0, 0.1) is 0 Å². The van der Waals surface area contributed by atoms with Gasteiger partial charge in [0, 0.05) is 6.42 Å². The summed E-state index contributed by atoms with van der Waals surface area (Å²) < 4.78 is 10.7. The minimum absolute atomic E-state index is 0.0825. The Kier molecular flexibility index (Phi) is 7.05. The van der Waals surface area contributed by atoms with Crippen LogP contribution in [0.4, 0.5) is 4.79 Å². The highest BCUT2D eigenvalue weighted by Gasteiger charge is 2.23. The number of alkyl carbamates (subject to hydrolysis) is 1. The van der Waals surface area contributed by atoms with Crippen LogP contribution in [0.25, 0.3) is 0 Å². The van der Waals surface area contributed by atoms with Crippen molar-refractivity contribution in [2.24, 2.45) is 0 Å². The highest BCUT2D eigenvalue weighted by molar-refractivity contribution is 5.87. The fraction of sp³-hybridized carbons (Fsp3) is 0.529. The molecular weight excluding hydrogens is 282 g/mol. The third-order valence-electron chi connectivity index (χ3n) is 2.92. The van der Waals surface area contributed by atoms with E-state index in [4.69, 9.17) is 9.47 Å². The molecule has 0 aromatic heterocycles. The zero-order valence-corrected chi connectivity index (χ0v) is 13.7. The van der Waals surface area contributed by atoms with Crippen molar-refractivity contribution >= 4 is 11.9 Å². The van der Waals surface area contributed by atoms with Crippen molar-refractivity contribution in [1.29, 1.82) is 0 Å². The van der Waals surface area contributed by atoms with Crippen LogP contribution in [0.15, 0.2) is 30.3 Å². The Balaban J connectivity index is 2.50. The number of Topliss-reactive ketones (excluding diaryl/α,β-unsaturated/α-hetero) is 1. The van der Waals surface area contributed by atoms with E-state index < -0.39 is 12.1 Å². The van der Waals surface area contributed by atoms with Gasteiger partial charge in [0.25, 0.3) is 0 Å². The van der Waals surface area contributed by atoms with Gasteiger partial charge in [-0.1, -0.05) is 37.3 Å². The predicted octanol–water partition coefficient (Wildman–Crippen LogP) is 3.08. The summed E-state index contributed by atoms with van der Waals surface area (Å²) in [6.45, 7) is 7.75. The molecule has 0 aliphatic carbocycles. The lowest BCUT2D eigenvalue weighted by atomic mass is 10.1.